The molecular weight excluding hydrogens is 314 g/mol. The Bertz CT molecular complexity index is 545. The number of nitrogens with zero attached hydrogens (tertiary/aromatic N) is 3. The summed E-state index contributed by atoms with van der Waals surface area (Å²) >= 11 is 6.28. The molecule has 1 atom stereocenters. The molecule has 0 N–H and O–H groups in total. The molecule has 2 heterocycles. The summed E-state index contributed by atoms with van der Waals surface area (Å²) < 4.78 is 5.54. The molecule has 1 saturated heterocycles. The third kappa shape index (κ3) is 4.74. The van der Waals surface area contributed by atoms with E-state index in [1.807, 2.05) is 32.6 Å². The highest BCUT2D eigenvalue weighted by Crippen LogP contribution is 2.28. The molecule has 1 aliphatic heterocycles. The van der Waals surface area contributed by atoms with Crippen molar-refractivity contribution in [3.8, 4) is 0 Å². The fourth-order valence-electron chi connectivity index (χ4n) is 2.89. The van der Waals surface area contributed by atoms with Crippen molar-refractivity contribution in [1.82, 2.24) is 9.88 Å². The Hall–Kier alpha value is -1.49. The highest BCUT2D eigenvalue weighted by Gasteiger charge is 2.31. The molecule has 128 valence electrons. The van der Waals surface area contributed by atoms with Gasteiger partial charge >= 0.3 is 6.09 Å². The average molecular weight is 340 g/mol. The summed E-state index contributed by atoms with van der Waals surface area (Å²) in [6.45, 7) is 9.96. The van der Waals surface area contributed by atoms with Gasteiger partial charge in [-0.1, -0.05) is 11.6 Å². The number of ether oxygens (including phenoxy) is 1. The van der Waals surface area contributed by atoms with E-state index >= 15 is 0 Å². The molecule has 0 bridgehead atoms. The number of pyridine rings is 1. The molecular formula is C17H26ClN3O2. The molecule has 23 heavy (non-hydrogen) atoms. The predicted molar refractivity (Wildman–Crippen MR) is 93.1 cm³/mol. The number of likely N-dealkylation sites (N-methyl/N-ethyl adjacent to an activating group) is 1. The van der Waals surface area contributed by atoms with E-state index in [0.29, 0.717) is 11.6 Å². The topological polar surface area (TPSA) is 45.7 Å². The normalized spacial score (nSPS) is 18.7. The van der Waals surface area contributed by atoms with Gasteiger partial charge in [-0.2, -0.15) is 0 Å². The number of carbonyl (C=O) groups excluding carboxylic acids is 1. The molecule has 0 aliphatic carbocycles. The largest absolute Gasteiger partial charge is 0.444 e. The summed E-state index contributed by atoms with van der Waals surface area (Å²) in [6, 6.07) is 1.92. The predicted octanol–water partition coefficient (Wildman–Crippen LogP) is 3.96. The summed E-state index contributed by atoms with van der Waals surface area (Å²) in [5, 5.41) is 0.695. The molecule has 2 rings (SSSR count). The van der Waals surface area contributed by atoms with Crippen molar-refractivity contribution < 1.29 is 9.53 Å². The van der Waals surface area contributed by atoms with Crippen molar-refractivity contribution in [2.24, 2.45) is 0 Å². The number of piperidine rings is 1. The first kappa shape index (κ1) is 17.9. The lowest BCUT2D eigenvalue weighted by Gasteiger charge is -2.40. The van der Waals surface area contributed by atoms with Crippen molar-refractivity contribution in [3.05, 3.63) is 23.5 Å². The summed E-state index contributed by atoms with van der Waals surface area (Å²) in [6.07, 6.45) is 5.21. The van der Waals surface area contributed by atoms with Gasteiger partial charge in [0.25, 0.3) is 0 Å². The van der Waals surface area contributed by atoms with E-state index in [4.69, 9.17) is 16.3 Å². The lowest BCUT2D eigenvalue weighted by atomic mass is 10.0. The van der Waals surface area contributed by atoms with Crippen LogP contribution in [0.15, 0.2) is 18.5 Å². The molecule has 1 aromatic heterocycles. The van der Waals surface area contributed by atoms with Crippen LogP contribution in [0.4, 0.5) is 10.5 Å². The van der Waals surface area contributed by atoms with Gasteiger partial charge in [0.15, 0.2) is 0 Å². The van der Waals surface area contributed by atoms with Gasteiger partial charge in [-0.3, -0.25) is 4.98 Å². The monoisotopic (exact) mass is 339 g/mol. The lowest BCUT2D eigenvalue weighted by molar-refractivity contribution is 0.0159. The molecule has 0 unspecified atom stereocenters. The van der Waals surface area contributed by atoms with Crippen LogP contribution in [0.2, 0.25) is 5.02 Å². The van der Waals surface area contributed by atoms with Gasteiger partial charge < -0.3 is 14.5 Å². The van der Waals surface area contributed by atoms with E-state index in [2.05, 4.69) is 9.88 Å². The molecule has 1 aromatic rings. The van der Waals surface area contributed by atoms with Gasteiger partial charge in [-0.05, 0) is 46.6 Å². The maximum absolute atomic E-state index is 12.4. The van der Waals surface area contributed by atoms with Crippen LogP contribution in [-0.2, 0) is 4.74 Å². The Morgan fingerprint density at radius 2 is 2.26 bits per heavy atom. The molecule has 6 heteroatoms. The highest BCUT2D eigenvalue weighted by atomic mass is 35.5. The Labute approximate surface area is 143 Å². The molecule has 1 fully saturated rings. The third-order valence-electron chi connectivity index (χ3n) is 3.90. The second-order valence-corrected chi connectivity index (χ2v) is 7.24. The summed E-state index contributed by atoms with van der Waals surface area (Å²) in [7, 11) is 0. The zero-order chi connectivity index (χ0) is 17.0. The standard InChI is InChI=1S/C17H26ClN3O2/c1-5-21(16(22)23-17(2,3)4)13-7-6-10-20(12-13)15-11-19-9-8-14(15)18/h8-9,11,13H,5-7,10,12H2,1-4H3/t13-/m1/s1. The van der Waals surface area contributed by atoms with E-state index in [-0.39, 0.29) is 12.1 Å². The number of amides is 1. The number of anilines is 1. The molecule has 1 amide bonds. The van der Waals surface area contributed by atoms with E-state index < -0.39 is 5.60 Å². The number of rotatable bonds is 3. The van der Waals surface area contributed by atoms with Crippen molar-refractivity contribution in [2.45, 2.75) is 52.2 Å². The van der Waals surface area contributed by atoms with Gasteiger partial charge in [0.2, 0.25) is 0 Å². The van der Waals surface area contributed by atoms with Crippen LogP contribution in [0.25, 0.3) is 0 Å². The van der Waals surface area contributed by atoms with Crippen LogP contribution in [0, 0.1) is 0 Å². The van der Waals surface area contributed by atoms with Gasteiger partial charge in [-0.25, -0.2) is 4.79 Å². The summed E-state index contributed by atoms with van der Waals surface area (Å²) in [5.41, 5.74) is 0.449. The van der Waals surface area contributed by atoms with E-state index in [0.717, 1.165) is 31.6 Å². The lowest BCUT2D eigenvalue weighted by Crippen LogP contribution is -2.51. The van der Waals surface area contributed by atoms with Crippen LogP contribution in [0.1, 0.15) is 40.5 Å². The Kier molecular flexibility index (Phi) is 5.74. The Balaban J connectivity index is 2.10. The minimum atomic E-state index is -0.481. The number of halogens is 1. The van der Waals surface area contributed by atoms with Crippen molar-refractivity contribution in [2.75, 3.05) is 24.5 Å². The second-order valence-electron chi connectivity index (χ2n) is 6.84. The minimum Gasteiger partial charge on any atom is -0.444 e. The second kappa shape index (κ2) is 7.39. The zero-order valence-electron chi connectivity index (χ0n) is 14.4. The highest BCUT2D eigenvalue weighted by molar-refractivity contribution is 6.33. The van der Waals surface area contributed by atoms with Gasteiger partial charge in [0.05, 0.1) is 22.9 Å². The van der Waals surface area contributed by atoms with Crippen LogP contribution < -0.4 is 4.90 Å². The van der Waals surface area contributed by atoms with Gasteiger partial charge in [-0.15, -0.1) is 0 Å². The maximum Gasteiger partial charge on any atom is 0.410 e. The van der Waals surface area contributed by atoms with E-state index in [1.54, 1.807) is 18.5 Å². The summed E-state index contributed by atoms with van der Waals surface area (Å²) in [4.78, 5) is 20.6. The maximum atomic E-state index is 12.4. The van der Waals surface area contributed by atoms with E-state index in [1.165, 1.54) is 0 Å². The first-order valence-electron chi connectivity index (χ1n) is 8.16. The van der Waals surface area contributed by atoms with Crippen molar-refractivity contribution in [1.29, 1.82) is 0 Å². The number of hydrogen-bond acceptors (Lipinski definition) is 4. The first-order valence-corrected chi connectivity index (χ1v) is 8.53. The van der Waals surface area contributed by atoms with E-state index in [9.17, 15) is 4.79 Å². The average Bonchev–Trinajstić information content (AvgIpc) is 2.47. The molecule has 0 saturated carbocycles. The SMILES string of the molecule is CCN(C(=O)OC(C)(C)C)[C@@H]1CCCN(c2cnccc2Cl)C1. The van der Waals surface area contributed by atoms with Crippen molar-refractivity contribution in [3.63, 3.8) is 0 Å². The third-order valence-corrected chi connectivity index (χ3v) is 4.21. The van der Waals surface area contributed by atoms with Crippen LogP contribution in [-0.4, -0.2) is 47.3 Å². The number of carbonyl (C=O) groups is 1. The van der Waals surface area contributed by atoms with Crippen LogP contribution in [0.3, 0.4) is 0 Å². The molecule has 1 aliphatic rings. The smallest absolute Gasteiger partial charge is 0.410 e. The first-order chi connectivity index (χ1) is 10.8. The van der Waals surface area contributed by atoms with Gasteiger partial charge in [0.1, 0.15) is 5.60 Å². The Morgan fingerprint density at radius 1 is 1.52 bits per heavy atom. The molecule has 0 radical (unpaired) electrons. The Morgan fingerprint density at radius 3 is 2.87 bits per heavy atom. The zero-order valence-corrected chi connectivity index (χ0v) is 15.1. The molecule has 0 spiro atoms. The molecule has 0 aromatic carbocycles. The fraction of sp³-hybridized carbons (Fsp3) is 0.647. The minimum absolute atomic E-state index is 0.125. The van der Waals surface area contributed by atoms with Gasteiger partial charge in [0, 0.05) is 25.8 Å². The fourth-order valence-corrected chi connectivity index (χ4v) is 3.11. The quantitative estimate of drug-likeness (QED) is 0.836. The number of aromatic nitrogens is 1. The summed E-state index contributed by atoms with van der Waals surface area (Å²) in [5.74, 6) is 0. The van der Waals surface area contributed by atoms with Crippen molar-refractivity contribution >= 4 is 23.4 Å². The molecule has 5 nitrogen and oxygen atoms in total. The van der Waals surface area contributed by atoms with Crippen LogP contribution in [0.5, 0.6) is 0 Å². The van der Waals surface area contributed by atoms with Crippen LogP contribution >= 0.6 is 11.6 Å². The number of hydrogen-bond donors (Lipinski definition) is 0.